The average Bonchev–Trinajstić information content (AvgIpc) is 2.47. The monoisotopic (exact) mass is 272 g/mol. The van der Waals surface area contributed by atoms with Crippen molar-refractivity contribution in [1.29, 1.82) is 0 Å². The van der Waals surface area contributed by atoms with Crippen LogP contribution in [0, 0.1) is 6.92 Å². The molecule has 0 fully saturated rings. The van der Waals surface area contributed by atoms with Crippen LogP contribution in [0.3, 0.4) is 0 Å². The Morgan fingerprint density at radius 3 is 2.55 bits per heavy atom. The van der Waals surface area contributed by atoms with Crippen LogP contribution in [0.2, 0.25) is 0 Å². The molecular weight excluding hydrogens is 252 g/mol. The highest BCUT2D eigenvalue weighted by atomic mass is 15.1. The third-order valence-corrected chi connectivity index (χ3v) is 2.98. The first kappa shape index (κ1) is 14.2. The Morgan fingerprint density at radius 1 is 1.20 bits per heavy atom. The van der Waals surface area contributed by atoms with Gasteiger partial charge >= 0.3 is 0 Å². The van der Waals surface area contributed by atoms with Crippen molar-refractivity contribution >= 4 is 11.6 Å². The lowest BCUT2D eigenvalue weighted by Gasteiger charge is -2.14. The highest BCUT2D eigenvalue weighted by molar-refractivity contribution is 5.57. The molecule has 2 heterocycles. The van der Waals surface area contributed by atoms with Crippen LogP contribution in [0.5, 0.6) is 0 Å². The summed E-state index contributed by atoms with van der Waals surface area (Å²) in [6.07, 6.45) is 1.66. The van der Waals surface area contributed by atoms with E-state index in [2.05, 4.69) is 44.6 Å². The van der Waals surface area contributed by atoms with Crippen molar-refractivity contribution in [3.05, 3.63) is 35.4 Å². The molecule has 6 heteroatoms. The standard InChI is InChI=1S/C14H20N6/c1-9(2)12-18-13(15-4)10(3)14(19-12)16-8-11-6-5-7-17-20-11/h5-7,9H,8H2,1-4H3,(H2,15,16,18,19). The summed E-state index contributed by atoms with van der Waals surface area (Å²) in [7, 11) is 1.87. The molecule has 0 saturated carbocycles. The van der Waals surface area contributed by atoms with Gasteiger partial charge in [0.25, 0.3) is 0 Å². The number of aromatic nitrogens is 4. The van der Waals surface area contributed by atoms with Gasteiger partial charge in [-0.1, -0.05) is 13.8 Å². The highest BCUT2D eigenvalue weighted by Gasteiger charge is 2.12. The van der Waals surface area contributed by atoms with E-state index in [1.165, 1.54) is 0 Å². The lowest BCUT2D eigenvalue weighted by molar-refractivity contribution is 0.772. The smallest absolute Gasteiger partial charge is 0.135 e. The number of hydrogen-bond acceptors (Lipinski definition) is 6. The van der Waals surface area contributed by atoms with E-state index in [1.54, 1.807) is 6.20 Å². The molecule has 0 aliphatic rings. The largest absolute Gasteiger partial charge is 0.373 e. The summed E-state index contributed by atoms with van der Waals surface area (Å²) in [5.74, 6) is 2.78. The molecule has 2 aromatic rings. The van der Waals surface area contributed by atoms with Crippen molar-refractivity contribution in [2.24, 2.45) is 0 Å². The molecular formula is C14H20N6. The Kier molecular flexibility index (Phi) is 4.45. The first-order valence-corrected chi connectivity index (χ1v) is 6.68. The van der Waals surface area contributed by atoms with Crippen LogP contribution in [0.4, 0.5) is 11.6 Å². The molecule has 2 N–H and O–H groups in total. The predicted molar refractivity (Wildman–Crippen MR) is 79.8 cm³/mol. The van der Waals surface area contributed by atoms with E-state index in [4.69, 9.17) is 0 Å². The van der Waals surface area contributed by atoms with Crippen LogP contribution < -0.4 is 10.6 Å². The molecule has 0 aromatic carbocycles. The second-order valence-corrected chi connectivity index (χ2v) is 4.88. The second kappa shape index (κ2) is 6.27. The van der Waals surface area contributed by atoms with Crippen molar-refractivity contribution in [3.8, 4) is 0 Å². The Balaban J connectivity index is 2.24. The van der Waals surface area contributed by atoms with E-state index in [-0.39, 0.29) is 5.92 Å². The van der Waals surface area contributed by atoms with Crippen molar-refractivity contribution in [2.45, 2.75) is 33.2 Å². The highest BCUT2D eigenvalue weighted by Crippen LogP contribution is 2.23. The quantitative estimate of drug-likeness (QED) is 0.870. The SMILES string of the molecule is CNc1nc(C(C)C)nc(NCc2cccnn2)c1C. The van der Waals surface area contributed by atoms with Crippen molar-refractivity contribution in [1.82, 2.24) is 20.2 Å². The number of hydrogen-bond donors (Lipinski definition) is 2. The zero-order valence-corrected chi connectivity index (χ0v) is 12.3. The Bertz CT molecular complexity index is 567. The third-order valence-electron chi connectivity index (χ3n) is 2.98. The minimum atomic E-state index is 0.278. The molecule has 2 rings (SSSR count). The molecule has 0 amide bonds. The van der Waals surface area contributed by atoms with Gasteiger partial charge in [0.15, 0.2) is 0 Å². The molecule has 0 spiro atoms. The minimum absolute atomic E-state index is 0.278. The predicted octanol–water partition coefficient (Wildman–Crippen LogP) is 2.35. The third kappa shape index (κ3) is 3.20. The summed E-state index contributed by atoms with van der Waals surface area (Å²) in [6.45, 7) is 6.74. The first-order chi connectivity index (χ1) is 9.61. The van der Waals surface area contributed by atoms with Gasteiger partial charge in [0.05, 0.1) is 12.2 Å². The summed E-state index contributed by atoms with van der Waals surface area (Å²) in [5, 5.41) is 14.3. The second-order valence-electron chi connectivity index (χ2n) is 4.88. The molecule has 0 saturated heterocycles. The molecule has 106 valence electrons. The normalized spacial score (nSPS) is 10.7. The fourth-order valence-electron chi connectivity index (χ4n) is 1.81. The molecule has 0 radical (unpaired) electrons. The Morgan fingerprint density at radius 2 is 1.95 bits per heavy atom. The van der Waals surface area contributed by atoms with Gasteiger partial charge in [0, 0.05) is 24.7 Å². The maximum Gasteiger partial charge on any atom is 0.135 e. The van der Waals surface area contributed by atoms with Gasteiger partial charge < -0.3 is 10.6 Å². The van der Waals surface area contributed by atoms with Gasteiger partial charge in [-0.25, -0.2) is 9.97 Å². The molecule has 20 heavy (non-hydrogen) atoms. The molecule has 0 atom stereocenters. The van der Waals surface area contributed by atoms with Crippen LogP contribution in [0.25, 0.3) is 0 Å². The fourth-order valence-corrected chi connectivity index (χ4v) is 1.81. The molecule has 2 aromatic heterocycles. The van der Waals surface area contributed by atoms with Gasteiger partial charge in [0.2, 0.25) is 0 Å². The topological polar surface area (TPSA) is 75.6 Å². The van der Waals surface area contributed by atoms with E-state index in [9.17, 15) is 0 Å². The van der Waals surface area contributed by atoms with Crippen molar-refractivity contribution in [3.63, 3.8) is 0 Å². The number of anilines is 2. The van der Waals surface area contributed by atoms with E-state index >= 15 is 0 Å². The Hall–Kier alpha value is -2.24. The molecule has 0 aliphatic heterocycles. The number of nitrogens with one attached hydrogen (secondary N) is 2. The maximum absolute atomic E-state index is 4.59. The lowest BCUT2D eigenvalue weighted by Crippen LogP contribution is -2.11. The summed E-state index contributed by atoms with van der Waals surface area (Å²) >= 11 is 0. The minimum Gasteiger partial charge on any atom is -0.373 e. The van der Waals surface area contributed by atoms with E-state index < -0.39 is 0 Å². The first-order valence-electron chi connectivity index (χ1n) is 6.68. The molecule has 0 unspecified atom stereocenters. The summed E-state index contributed by atoms with van der Waals surface area (Å²) in [5.41, 5.74) is 1.88. The fraction of sp³-hybridized carbons (Fsp3) is 0.429. The number of nitrogens with zero attached hydrogens (tertiary/aromatic N) is 4. The van der Waals surface area contributed by atoms with Crippen LogP contribution in [-0.2, 0) is 6.54 Å². The zero-order valence-electron chi connectivity index (χ0n) is 12.3. The lowest BCUT2D eigenvalue weighted by atomic mass is 10.2. The van der Waals surface area contributed by atoms with Crippen molar-refractivity contribution in [2.75, 3.05) is 17.7 Å². The van der Waals surface area contributed by atoms with Crippen LogP contribution in [0.15, 0.2) is 18.3 Å². The average molecular weight is 272 g/mol. The molecule has 0 bridgehead atoms. The maximum atomic E-state index is 4.59. The van der Waals surface area contributed by atoms with Crippen molar-refractivity contribution < 1.29 is 0 Å². The van der Waals surface area contributed by atoms with Gasteiger partial charge in [-0.2, -0.15) is 10.2 Å². The summed E-state index contributed by atoms with van der Waals surface area (Å²) in [4.78, 5) is 9.10. The van der Waals surface area contributed by atoms with Crippen LogP contribution in [0.1, 0.15) is 36.8 Å². The van der Waals surface area contributed by atoms with Crippen LogP contribution in [-0.4, -0.2) is 27.2 Å². The van der Waals surface area contributed by atoms with E-state index in [1.807, 2.05) is 26.1 Å². The summed E-state index contributed by atoms with van der Waals surface area (Å²) in [6, 6.07) is 3.80. The molecule has 0 aliphatic carbocycles. The van der Waals surface area contributed by atoms with E-state index in [0.29, 0.717) is 6.54 Å². The number of rotatable bonds is 5. The summed E-state index contributed by atoms with van der Waals surface area (Å²) < 4.78 is 0. The molecule has 6 nitrogen and oxygen atoms in total. The van der Waals surface area contributed by atoms with Crippen LogP contribution >= 0.6 is 0 Å². The Labute approximate surface area is 119 Å². The van der Waals surface area contributed by atoms with Gasteiger partial charge in [-0.3, -0.25) is 0 Å². The van der Waals surface area contributed by atoms with Gasteiger partial charge in [0.1, 0.15) is 17.5 Å². The van der Waals surface area contributed by atoms with Gasteiger partial charge in [-0.05, 0) is 19.1 Å². The van der Waals surface area contributed by atoms with E-state index in [0.717, 1.165) is 28.7 Å². The van der Waals surface area contributed by atoms with Gasteiger partial charge in [-0.15, -0.1) is 0 Å². The zero-order chi connectivity index (χ0) is 14.5.